The zero-order chi connectivity index (χ0) is 27.4. The van der Waals surface area contributed by atoms with Crippen molar-refractivity contribution in [3.63, 3.8) is 0 Å². The Hall–Kier alpha value is -3.01. The molecule has 1 aliphatic rings. The number of alkyl carbamates (subject to hydrolysis) is 1. The van der Waals surface area contributed by atoms with Gasteiger partial charge in [0.25, 0.3) is 0 Å². The molecule has 1 aromatic heterocycles. The van der Waals surface area contributed by atoms with Gasteiger partial charge in [0, 0.05) is 36.8 Å². The SMILES string of the molecule is CC(C(=O)NCc1ccc(C(F)(F)F)nc1N1CCCC1)c1ccc(CNC(=O)OC(C)(C)C)c(Cl)c1. The van der Waals surface area contributed by atoms with Crippen LogP contribution in [-0.4, -0.2) is 35.7 Å². The van der Waals surface area contributed by atoms with Crippen LogP contribution in [0.1, 0.15) is 68.8 Å². The van der Waals surface area contributed by atoms with Crippen LogP contribution in [-0.2, 0) is 28.8 Å². The summed E-state index contributed by atoms with van der Waals surface area (Å²) in [5.41, 5.74) is 0.279. The number of carbonyl (C=O) groups excluding carboxylic acids is 2. The van der Waals surface area contributed by atoms with Gasteiger partial charge in [-0.2, -0.15) is 13.2 Å². The van der Waals surface area contributed by atoms with Crippen molar-refractivity contribution < 1.29 is 27.5 Å². The van der Waals surface area contributed by atoms with Crippen LogP contribution in [0.5, 0.6) is 0 Å². The summed E-state index contributed by atoms with van der Waals surface area (Å²) in [6, 6.07) is 7.45. The normalized spacial score (nSPS) is 14.9. The highest BCUT2D eigenvalue weighted by Gasteiger charge is 2.34. The van der Waals surface area contributed by atoms with E-state index in [-0.39, 0.29) is 24.8 Å². The molecule has 0 spiro atoms. The Morgan fingerprint density at radius 2 is 1.68 bits per heavy atom. The highest BCUT2D eigenvalue weighted by molar-refractivity contribution is 6.31. The Bertz CT molecular complexity index is 1130. The zero-order valence-electron chi connectivity index (χ0n) is 21.3. The average molecular weight is 541 g/mol. The summed E-state index contributed by atoms with van der Waals surface area (Å²) in [4.78, 5) is 30.5. The third-order valence-corrected chi connectivity index (χ3v) is 6.25. The molecule has 3 rings (SSSR count). The number of aromatic nitrogens is 1. The second-order valence-corrected chi connectivity index (χ2v) is 10.4. The number of hydrogen-bond acceptors (Lipinski definition) is 5. The van der Waals surface area contributed by atoms with Gasteiger partial charge in [0.05, 0.1) is 5.92 Å². The van der Waals surface area contributed by atoms with Crippen LogP contribution in [0.2, 0.25) is 5.02 Å². The fourth-order valence-corrected chi connectivity index (χ4v) is 4.18. The molecule has 1 aliphatic heterocycles. The Morgan fingerprint density at radius 1 is 1.05 bits per heavy atom. The average Bonchev–Trinajstić information content (AvgIpc) is 3.34. The highest BCUT2D eigenvalue weighted by Crippen LogP contribution is 2.32. The summed E-state index contributed by atoms with van der Waals surface area (Å²) in [5, 5.41) is 5.84. The third kappa shape index (κ3) is 7.99. The van der Waals surface area contributed by atoms with Crippen LogP contribution in [0.25, 0.3) is 0 Å². The Labute approximate surface area is 219 Å². The van der Waals surface area contributed by atoms with Crippen molar-refractivity contribution in [2.75, 3.05) is 18.0 Å². The summed E-state index contributed by atoms with van der Waals surface area (Å²) >= 11 is 6.38. The molecule has 0 radical (unpaired) electrons. The van der Waals surface area contributed by atoms with Crippen molar-refractivity contribution in [2.24, 2.45) is 0 Å². The number of rotatable bonds is 7. The maximum Gasteiger partial charge on any atom is 0.433 e. The van der Waals surface area contributed by atoms with Gasteiger partial charge in [0.15, 0.2) is 0 Å². The molecule has 1 unspecified atom stereocenters. The molecule has 2 aromatic rings. The Kier molecular flexibility index (Phi) is 8.94. The van der Waals surface area contributed by atoms with Crippen LogP contribution in [0, 0.1) is 0 Å². The number of halogens is 4. The quantitative estimate of drug-likeness (QED) is 0.464. The van der Waals surface area contributed by atoms with Gasteiger partial charge in [0.1, 0.15) is 17.1 Å². The fraction of sp³-hybridized carbons (Fsp3) is 0.500. The second kappa shape index (κ2) is 11.6. The zero-order valence-corrected chi connectivity index (χ0v) is 22.1. The monoisotopic (exact) mass is 540 g/mol. The maximum absolute atomic E-state index is 13.2. The van der Waals surface area contributed by atoms with Gasteiger partial charge in [-0.1, -0.05) is 29.8 Å². The first-order chi connectivity index (χ1) is 17.2. The molecule has 1 saturated heterocycles. The van der Waals surface area contributed by atoms with E-state index in [0.29, 0.717) is 34.8 Å². The molecule has 202 valence electrons. The van der Waals surface area contributed by atoms with E-state index in [4.69, 9.17) is 16.3 Å². The minimum Gasteiger partial charge on any atom is -0.444 e. The van der Waals surface area contributed by atoms with Gasteiger partial charge in [-0.25, -0.2) is 9.78 Å². The maximum atomic E-state index is 13.2. The standard InChI is InChI=1S/C26H32ClF3N4O3/c1-16(17-7-8-18(20(27)13-17)14-32-24(36)37-25(2,3)4)23(35)31-15-19-9-10-21(26(28,29)30)33-22(19)34-11-5-6-12-34/h7-10,13,16H,5-6,11-12,14-15H2,1-4H3,(H,31,35)(H,32,36). The fourth-order valence-electron chi connectivity index (χ4n) is 3.92. The van der Waals surface area contributed by atoms with Crippen molar-refractivity contribution in [2.45, 2.75) is 71.3 Å². The highest BCUT2D eigenvalue weighted by atomic mass is 35.5. The molecule has 11 heteroatoms. The lowest BCUT2D eigenvalue weighted by Crippen LogP contribution is -2.32. The van der Waals surface area contributed by atoms with E-state index in [1.54, 1.807) is 45.9 Å². The molecule has 1 fully saturated rings. The molecule has 0 bridgehead atoms. The minimum absolute atomic E-state index is 0.0474. The van der Waals surface area contributed by atoms with E-state index in [1.807, 2.05) is 4.90 Å². The number of anilines is 1. The molecule has 7 nitrogen and oxygen atoms in total. The number of nitrogens with one attached hydrogen (secondary N) is 2. The van der Waals surface area contributed by atoms with E-state index in [0.717, 1.165) is 18.9 Å². The van der Waals surface area contributed by atoms with Crippen molar-refractivity contribution in [1.82, 2.24) is 15.6 Å². The first-order valence-corrected chi connectivity index (χ1v) is 12.5. The number of pyridine rings is 1. The van der Waals surface area contributed by atoms with E-state index in [1.165, 1.54) is 6.07 Å². The van der Waals surface area contributed by atoms with Crippen LogP contribution in [0.4, 0.5) is 23.8 Å². The number of ether oxygens (including phenoxy) is 1. The molecule has 1 aromatic carbocycles. The molecule has 2 amide bonds. The number of nitrogens with zero attached hydrogens (tertiary/aromatic N) is 2. The predicted octanol–water partition coefficient (Wildman–Crippen LogP) is 5.80. The molecule has 2 heterocycles. The first-order valence-electron chi connectivity index (χ1n) is 12.1. The van der Waals surface area contributed by atoms with E-state index >= 15 is 0 Å². The number of carbonyl (C=O) groups is 2. The van der Waals surface area contributed by atoms with Gasteiger partial charge in [0.2, 0.25) is 5.91 Å². The topological polar surface area (TPSA) is 83.6 Å². The lowest BCUT2D eigenvalue weighted by molar-refractivity contribution is -0.141. The number of alkyl halides is 3. The van der Waals surface area contributed by atoms with E-state index in [9.17, 15) is 22.8 Å². The van der Waals surface area contributed by atoms with Crippen molar-refractivity contribution in [3.05, 3.63) is 57.7 Å². The van der Waals surface area contributed by atoms with Crippen LogP contribution in [0.3, 0.4) is 0 Å². The van der Waals surface area contributed by atoms with Gasteiger partial charge in [-0.05, 0) is 63.8 Å². The lowest BCUT2D eigenvalue weighted by atomic mass is 9.98. The molecule has 0 saturated carbocycles. The van der Waals surface area contributed by atoms with E-state index < -0.39 is 29.5 Å². The smallest absolute Gasteiger partial charge is 0.433 e. The summed E-state index contributed by atoms with van der Waals surface area (Å²) < 4.78 is 44.9. The molecular formula is C26H32ClF3N4O3. The second-order valence-electron chi connectivity index (χ2n) is 10.0. The van der Waals surface area contributed by atoms with Crippen LogP contribution >= 0.6 is 11.6 Å². The summed E-state index contributed by atoms with van der Waals surface area (Å²) in [6.45, 7) is 8.47. The number of amides is 2. The molecule has 1 atom stereocenters. The van der Waals surface area contributed by atoms with Crippen molar-refractivity contribution in [1.29, 1.82) is 0 Å². The Balaban J connectivity index is 1.65. The van der Waals surface area contributed by atoms with Crippen molar-refractivity contribution >= 4 is 29.4 Å². The molecular weight excluding hydrogens is 509 g/mol. The van der Waals surface area contributed by atoms with Crippen LogP contribution < -0.4 is 15.5 Å². The Morgan fingerprint density at radius 3 is 2.27 bits per heavy atom. The first kappa shape index (κ1) is 28.6. The van der Waals surface area contributed by atoms with Gasteiger partial charge in [-0.3, -0.25) is 4.79 Å². The predicted molar refractivity (Wildman–Crippen MR) is 135 cm³/mol. The van der Waals surface area contributed by atoms with Gasteiger partial charge >= 0.3 is 12.3 Å². The van der Waals surface area contributed by atoms with Gasteiger partial charge < -0.3 is 20.3 Å². The molecule has 37 heavy (non-hydrogen) atoms. The molecule has 2 N–H and O–H groups in total. The lowest BCUT2D eigenvalue weighted by Gasteiger charge is -2.22. The van der Waals surface area contributed by atoms with Crippen molar-refractivity contribution in [3.8, 4) is 0 Å². The van der Waals surface area contributed by atoms with Crippen LogP contribution in [0.15, 0.2) is 30.3 Å². The summed E-state index contributed by atoms with van der Waals surface area (Å²) in [7, 11) is 0. The molecule has 0 aliphatic carbocycles. The summed E-state index contributed by atoms with van der Waals surface area (Å²) in [5.74, 6) is -0.615. The summed E-state index contributed by atoms with van der Waals surface area (Å²) in [6.07, 6.45) is -3.35. The number of benzene rings is 1. The number of hydrogen-bond donors (Lipinski definition) is 2. The minimum atomic E-state index is -4.54. The van der Waals surface area contributed by atoms with Gasteiger partial charge in [-0.15, -0.1) is 0 Å². The third-order valence-electron chi connectivity index (χ3n) is 5.90. The largest absolute Gasteiger partial charge is 0.444 e. The van der Waals surface area contributed by atoms with E-state index in [2.05, 4.69) is 15.6 Å².